The molecule has 0 aliphatic carbocycles. The Hall–Kier alpha value is -4.33. The molecule has 0 aliphatic heterocycles. The molecule has 0 aliphatic rings. The van der Waals surface area contributed by atoms with Crippen LogP contribution in [0, 0.1) is 19.3 Å². The summed E-state index contributed by atoms with van der Waals surface area (Å²) in [4.78, 5) is 27.7. The molecular weight excluding hydrogens is 626 g/mol. The van der Waals surface area contributed by atoms with Crippen molar-refractivity contribution < 1.29 is 23.8 Å². The summed E-state index contributed by atoms with van der Waals surface area (Å²) in [6, 6.07) is 24.5. The van der Waals surface area contributed by atoms with Crippen molar-refractivity contribution in [1.82, 2.24) is 10.6 Å². The van der Waals surface area contributed by atoms with Gasteiger partial charge in [-0.15, -0.1) is 0 Å². The third-order valence-electron chi connectivity index (χ3n) is 6.59. The Labute approximate surface area is 302 Å². The van der Waals surface area contributed by atoms with Crippen molar-refractivity contribution in [2.45, 2.75) is 120 Å². The number of benzene rings is 3. The Balaban J connectivity index is 0.000000738. The van der Waals surface area contributed by atoms with Crippen LogP contribution in [0.3, 0.4) is 0 Å². The fourth-order valence-electron chi connectivity index (χ4n) is 4.07. The van der Waals surface area contributed by atoms with Crippen molar-refractivity contribution in [3.8, 4) is 11.5 Å². The first-order valence-corrected chi connectivity index (χ1v) is 17.7. The van der Waals surface area contributed by atoms with Gasteiger partial charge in [0.1, 0.15) is 23.2 Å². The second-order valence-electron chi connectivity index (χ2n) is 14.8. The van der Waals surface area contributed by atoms with Crippen LogP contribution in [-0.4, -0.2) is 42.8 Å². The summed E-state index contributed by atoms with van der Waals surface area (Å²) >= 11 is 0. The van der Waals surface area contributed by atoms with E-state index in [0.29, 0.717) is 25.0 Å². The normalized spacial score (nSPS) is 11.9. The van der Waals surface area contributed by atoms with Crippen LogP contribution in [0.2, 0.25) is 0 Å². The molecule has 2 N–H and O–H groups in total. The first-order chi connectivity index (χ1) is 23.4. The van der Waals surface area contributed by atoms with Gasteiger partial charge in [0.05, 0.1) is 6.61 Å². The summed E-state index contributed by atoms with van der Waals surface area (Å²) in [6.07, 6.45) is 2.88. The molecule has 3 rings (SSSR count). The Bertz CT molecular complexity index is 1430. The maximum atomic E-state index is 12.0. The van der Waals surface area contributed by atoms with E-state index in [4.69, 9.17) is 14.2 Å². The number of alkyl carbamates (subject to hydrolysis) is 1. The highest BCUT2D eigenvalue weighted by Crippen LogP contribution is 2.20. The lowest BCUT2D eigenvalue weighted by atomic mass is 10.0. The molecule has 2 amide bonds. The van der Waals surface area contributed by atoms with Gasteiger partial charge in [-0.1, -0.05) is 102 Å². The molecule has 0 saturated carbocycles. The topological polar surface area (TPSA) is 98.2 Å². The molecule has 0 fully saturated rings. The standard InChI is InChI=1S/C28H39N3O5.C9H12.C5H12/c1-7-23(35-25-11-9-8-10-20(25)2)17-19-34-24-14-12-22(13-15-24)16-18-29-26(30-21(3)32)31-27(33)36-28(4,5)6;1-3-9-6-4-8(2)5-7-9;1-5(2,3)4/h8-15,23H,7,16-19H2,1-6H3,(H2,29,30,31,32,33);4-7H,3H2,1-2H3;1-4H3. The number of rotatable bonds is 11. The number of carbonyl (C=O) groups excluding carboxylic acids is 2. The van der Waals surface area contributed by atoms with Gasteiger partial charge in [-0.05, 0) is 94.2 Å². The van der Waals surface area contributed by atoms with Crippen molar-refractivity contribution >= 4 is 18.0 Å². The molecule has 0 aromatic heterocycles. The summed E-state index contributed by atoms with van der Waals surface area (Å²) in [5, 5.41) is 5.00. The van der Waals surface area contributed by atoms with Crippen molar-refractivity contribution in [3.05, 3.63) is 95.1 Å². The number of amides is 2. The average Bonchev–Trinajstić information content (AvgIpc) is 3.01. The number of nitrogens with one attached hydrogen (secondary N) is 2. The van der Waals surface area contributed by atoms with Gasteiger partial charge >= 0.3 is 6.09 Å². The van der Waals surface area contributed by atoms with E-state index in [9.17, 15) is 9.59 Å². The fraction of sp³-hybridized carbons (Fsp3) is 0.500. The van der Waals surface area contributed by atoms with Crippen LogP contribution < -0.4 is 20.1 Å². The second kappa shape index (κ2) is 22.4. The zero-order valence-corrected chi connectivity index (χ0v) is 32.7. The van der Waals surface area contributed by atoms with Gasteiger partial charge in [-0.2, -0.15) is 0 Å². The fourth-order valence-corrected chi connectivity index (χ4v) is 4.07. The zero-order valence-electron chi connectivity index (χ0n) is 32.7. The molecule has 1 atom stereocenters. The van der Waals surface area contributed by atoms with Gasteiger partial charge in [0.25, 0.3) is 0 Å². The van der Waals surface area contributed by atoms with Crippen molar-refractivity contribution in [2.75, 3.05) is 13.2 Å². The van der Waals surface area contributed by atoms with E-state index < -0.39 is 11.7 Å². The Morgan fingerprint density at radius 1 is 0.800 bits per heavy atom. The van der Waals surface area contributed by atoms with Gasteiger partial charge in [0.2, 0.25) is 11.9 Å². The first kappa shape index (κ1) is 43.7. The highest BCUT2D eigenvalue weighted by atomic mass is 16.6. The molecule has 0 bridgehead atoms. The second-order valence-corrected chi connectivity index (χ2v) is 14.8. The quantitative estimate of drug-likeness (QED) is 0.154. The van der Waals surface area contributed by atoms with E-state index in [1.54, 1.807) is 20.8 Å². The maximum absolute atomic E-state index is 12.0. The lowest BCUT2D eigenvalue weighted by Gasteiger charge is -2.20. The van der Waals surface area contributed by atoms with Crippen LogP contribution >= 0.6 is 0 Å². The minimum Gasteiger partial charge on any atom is -0.493 e. The summed E-state index contributed by atoms with van der Waals surface area (Å²) < 4.78 is 17.3. The summed E-state index contributed by atoms with van der Waals surface area (Å²) in [5.74, 6) is 1.44. The van der Waals surface area contributed by atoms with Gasteiger partial charge in [-0.3, -0.25) is 20.4 Å². The lowest BCUT2D eigenvalue weighted by Crippen LogP contribution is -2.45. The number of guanidine groups is 1. The number of hydrogen-bond donors (Lipinski definition) is 2. The molecule has 0 saturated heterocycles. The molecule has 276 valence electrons. The number of ether oxygens (including phenoxy) is 3. The third-order valence-corrected chi connectivity index (χ3v) is 6.59. The van der Waals surface area contributed by atoms with Gasteiger partial charge in [0.15, 0.2) is 0 Å². The third kappa shape index (κ3) is 22.3. The van der Waals surface area contributed by atoms with Gasteiger partial charge < -0.3 is 14.2 Å². The lowest BCUT2D eigenvalue weighted by molar-refractivity contribution is -0.117. The largest absolute Gasteiger partial charge is 0.493 e. The van der Waals surface area contributed by atoms with Gasteiger partial charge in [0, 0.05) is 19.9 Å². The predicted octanol–water partition coefficient (Wildman–Crippen LogP) is 9.79. The highest BCUT2D eigenvalue weighted by Gasteiger charge is 2.18. The molecule has 8 heteroatoms. The minimum atomic E-state index is -0.675. The Morgan fingerprint density at radius 3 is 1.90 bits per heavy atom. The van der Waals surface area contributed by atoms with Crippen molar-refractivity contribution in [1.29, 1.82) is 0 Å². The average molecular weight is 690 g/mol. The van der Waals surface area contributed by atoms with E-state index in [2.05, 4.69) is 88.4 Å². The monoisotopic (exact) mass is 689 g/mol. The molecule has 50 heavy (non-hydrogen) atoms. The molecule has 0 spiro atoms. The molecule has 1 unspecified atom stereocenters. The van der Waals surface area contributed by atoms with Gasteiger partial charge in [-0.25, -0.2) is 4.79 Å². The van der Waals surface area contributed by atoms with Crippen LogP contribution in [0.25, 0.3) is 0 Å². The molecule has 0 radical (unpaired) electrons. The van der Waals surface area contributed by atoms with E-state index in [0.717, 1.165) is 41.9 Å². The SMILES string of the molecule is CC(C)(C)C.CCC(CCOc1ccc(CCN=C(NC(C)=O)NC(=O)OC(C)(C)C)cc1)Oc1ccccc1C.CCc1ccc(C)cc1. The van der Waals surface area contributed by atoms with Crippen LogP contribution in [0.15, 0.2) is 77.8 Å². The minimum absolute atomic E-state index is 0.0649. The Kier molecular flexibility index (Phi) is 19.6. The number of hydrogen-bond acceptors (Lipinski definition) is 6. The van der Waals surface area contributed by atoms with Crippen LogP contribution in [0.4, 0.5) is 4.79 Å². The molecule has 0 heterocycles. The summed E-state index contributed by atoms with van der Waals surface area (Å²) in [6.45, 7) is 24.8. The number of aryl methyl sites for hydroxylation is 3. The maximum Gasteiger partial charge on any atom is 0.414 e. The van der Waals surface area contributed by atoms with E-state index in [-0.39, 0.29) is 18.0 Å². The van der Waals surface area contributed by atoms with Crippen LogP contribution in [0.1, 0.15) is 104 Å². The summed E-state index contributed by atoms with van der Waals surface area (Å²) in [7, 11) is 0. The summed E-state index contributed by atoms with van der Waals surface area (Å²) in [5.41, 5.74) is 4.79. The van der Waals surface area contributed by atoms with E-state index in [1.165, 1.54) is 18.1 Å². The predicted molar refractivity (Wildman–Crippen MR) is 207 cm³/mol. The van der Waals surface area contributed by atoms with Crippen LogP contribution in [0.5, 0.6) is 11.5 Å². The molecule has 3 aromatic rings. The number of carbonyl (C=O) groups is 2. The smallest absolute Gasteiger partial charge is 0.414 e. The van der Waals surface area contributed by atoms with E-state index in [1.807, 2.05) is 55.5 Å². The molecule has 3 aromatic carbocycles. The number of aliphatic imine (C=N–C) groups is 1. The zero-order chi connectivity index (χ0) is 37.7. The molecule has 8 nitrogen and oxygen atoms in total. The molecular formula is C42H63N3O5. The number of para-hydroxylation sites is 1. The van der Waals surface area contributed by atoms with Crippen molar-refractivity contribution in [2.24, 2.45) is 10.4 Å². The Morgan fingerprint density at radius 2 is 1.38 bits per heavy atom. The van der Waals surface area contributed by atoms with Crippen LogP contribution in [-0.2, 0) is 22.4 Å². The highest BCUT2D eigenvalue weighted by molar-refractivity contribution is 6.02. The first-order valence-electron chi connectivity index (χ1n) is 17.7. The van der Waals surface area contributed by atoms with E-state index >= 15 is 0 Å². The number of nitrogens with zero attached hydrogens (tertiary/aromatic N) is 1. The van der Waals surface area contributed by atoms with Crippen molar-refractivity contribution in [3.63, 3.8) is 0 Å².